The SMILES string of the molecule is CCCCCCCC/C=C/CCCCCCCCCC(=O)OC1CCC2(C)C(=CCC3C2CCC2(C)C(C(C)CCC(C)C(C)C)CCC32)C1. The fourth-order valence-corrected chi connectivity index (χ4v) is 11.7. The van der Waals surface area contributed by atoms with Crippen LogP contribution in [-0.4, -0.2) is 12.1 Å². The first-order chi connectivity index (χ1) is 24.1. The zero-order valence-corrected chi connectivity index (χ0v) is 34.6. The smallest absolute Gasteiger partial charge is 0.306 e. The van der Waals surface area contributed by atoms with Gasteiger partial charge in [-0.3, -0.25) is 4.79 Å². The minimum Gasteiger partial charge on any atom is -0.462 e. The van der Waals surface area contributed by atoms with E-state index >= 15 is 0 Å². The second kappa shape index (κ2) is 21.0. The van der Waals surface area contributed by atoms with E-state index in [9.17, 15) is 4.79 Å². The lowest BCUT2D eigenvalue weighted by Crippen LogP contribution is -2.51. The van der Waals surface area contributed by atoms with Crippen molar-refractivity contribution >= 4 is 5.97 Å². The van der Waals surface area contributed by atoms with Gasteiger partial charge in [-0.1, -0.05) is 149 Å². The molecule has 9 unspecified atom stereocenters. The number of carbonyl (C=O) groups excluding carboxylic acids is 1. The lowest BCUT2D eigenvalue weighted by molar-refractivity contribution is -0.151. The summed E-state index contributed by atoms with van der Waals surface area (Å²) >= 11 is 0. The molecule has 0 bridgehead atoms. The zero-order chi connectivity index (χ0) is 36.0. The number of carbonyl (C=O) groups is 1. The molecule has 4 aliphatic carbocycles. The highest BCUT2D eigenvalue weighted by molar-refractivity contribution is 5.69. The third-order valence-corrected chi connectivity index (χ3v) is 15.5. The van der Waals surface area contributed by atoms with E-state index in [-0.39, 0.29) is 12.1 Å². The standard InChI is InChI=1S/C48H84O2/c1-8-9-10-11-12-13-14-15-16-17-18-19-20-21-22-23-24-25-46(49)50-41-32-34-47(6)40(36-41)28-29-42-44-31-30-43(48(44,7)35-33-45(42)47)39(5)27-26-38(4)37(2)3/h15-16,28,37-39,41-45H,8-14,17-27,29-36H2,1-7H3/b16-15+. The first kappa shape index (κ1) is 41.7. The van der Waals surface area contributed by atoms with Crippen LogP contribution in [0.5, 0.6) is 0 Å². The van der Waals surface area contributed by atoms with E-state index in [1.54, 1.807) is 5.57 Å². The number of esters is 1. The van der Waals surface area contributed by atoms with Crippen LogP contribution >= 0.6 is 0 Å². The summed E-state index contributed by atoms with van der Waals surface area (Å²) < 4.78 is 6.14. The molecule has 0 aliphatic heterocycles. The highest BCUT2D eigenvalue weighted by Crippen LogP contribution is 2.67. The quantitative estimate of drug-likeness (QED) is 0.0605. The minimum absolute atomic E-state index is 0.0583. The van der Waals surface area contributed by atoms with Crippen LogP contribution in [0.4, 0.5) is 0 Å². The first-order valence-electron chi connectivity index (χ1n) is 22.6. The van der Waals surface area contributed by atoms with Gasteiger partial charge < -0.3 is 4.74 Å². The van der Waals surface area contributed by atoms with Crippen molar-refractivity contribution < 1.29 is 9.53 Å². The molecular formula is C48H84O2. The van der Waals surface area contributed by atoms with Gasteiger partial charge in [0.05, 0.1) is 0 Å². The summed E-state index contributed by atoms with van der Waals surface area (Å²) in [6.07, 6.45) is 40.9. The molecular weight excluding hydrogens is 609 g/mol. The third kappa shape index (κ3) is 11.5. The zero-order valence-electron chi connectivity index (χ0n) is 34.6. The van der Waals surface area contributed by atoms with Crippen LogP contribution in [0.25, 0.3) is 0 Å². The van der Waals surface area contributed by atoms with Crippen molar-refractivity contribution in [1.29, 1.82) is 0 Å². The molecule has 288 valence electrons. The summed E-state index contributed by atoms with van der Waals surface area (Å²) in [6.45, 7) is 17.5. The molecule has 0 saturated heterocycles. The number of fused-ring (bicyclic) bond motifs is 5. The van der Waals surface area contributed by atoms with E-state index in [0.717, 1.165) is 60.7 Å². The second-order valence-electron chi connectivity index (χ2n) is 19.2. The normalized spacial score (nSPS) is 32.0. The van der Waals surface area contributed by atoms with Gasteiger partial charge in [0.2, 0.25) is 0 Å². The molecule has 0 aromatic rings. The van der Waals surface area contributed by atoms with Gasteiger partial charge >= 0.3 is 5.97 Å². The van der Waals surface area contributed by atoms with Crippen molar-refractivity contribution in [2.45, 2.75) is 222 Å². The van der Waals surface area contributed by atoms with Gasteiger partial charge in [-0.15, -0.1) is 0 Å². The molecule has 0 aromatic heterocycles. The van der Waals surface area contributed by atoms with Crippen molar-refractivity contribution in [3.63, 3.8) is 0 Å². The topological polar surface area (TPSA) is 26.3 Å². The Morgan fingerprint density at radius 1 is 0.780 bits per heavy atom. The predicted octanol–water partition coefficient (Wildman–Crippen LogP) is 15.0. The third-order valence-electron chi connectivity index (χ3n) is 15.5. The number of hydrogen-bond donors (Lipinski definition) is 0. The maximum atomic E-state index is 12.9. The average Bonchev–Trinajstić information content (AvgIpc) is 3.45. The van der Waals surface area contributed by atoms with Crippen molar-refractivity contribution in [1.82, 2.24) is 0 Å². The minimum atomic E-state index is 0.0583. The van der Waals surface area contributed by atoms with E-state index in [1.807, 2.05) is 0 Å². The molecule has 9 atom stereocenters. The Balaban J connectivity index is 1.09. The first-order valence-corrected chi connectivity index (χ1v) is 22.6. The van der Waals surface area contributed by atoms with Gasteiger partial charge in [-0.05, 0) is 129 Å². The Bertz CT molecular complexity index is 1040. The number of unbranched alkanes of at least 4 members (excludes halogenated alkanes) is 13. The Morgan fingerprint density at radius 3 is 2.08 bits per heavy atom. The number of hydrogen-bond acceptors (Lipinski definition) is 2. The van der Waals surface area contributed by atoms with E-state index < -0.39 is 0 Å². The van der Waals surface area contributed by atoms with Crippen LogP contribution in [-0.2, 0) is 9.53 Å². The van der Waals surface area contributed by atoms with Crippen molar-refractivity contribution in [3.05, 3.63) is 23.8 Å². The van der Waals surface area contributed by atoms with E-state index in [2.05, 4.69) is 66.7 Å². The van der Waals surface area contributed by atoms with Crippen molar-refractivity contribution in [2.24, 2.45) is 52.3 Å². The summed E-state index contributed by atoms with van der Waals surface area (Å²) in [5.74, 6) is 6.09. The molecule has 0 amide bonds. The molecule has 0 aromatic carbocycles. The van der Waals surface area contributed by atoms with Crippen LogP contribution in [0, 0.1) is 52.3 Å². The molecule has 0 radical (unpaired) electrons. The van der Waals surface area contributed by atoms with Crippen LogP contribution in [0.15, 0.2) is 23.8 Å². The molecule has 3 fully saturated rings. The highest BCUT2D eigenvalue weighted by atomic mass is 16.5. The summed E-state index contributed by atoms with van der Waals surface area (Å²) in [7, 11) is 0. The molecule has 0 spiro atoms. The van der Waals surface area contributed by atoms with Crippen molar-refractivity contribution in [3.8, 4) is 0 Å². The highest BCUT2D eigenvalue weighted by Gasteiger charge is 2.59. The second-order valence-corrected chi connectivity index (χ2v) is 19.2. The maximum absolute atomic E-state index is 12.9. The molecule has 0 heterocycles. The molecule has 2 heteroatoms. The average molecular weight is 693 g/mol. The number of rotatable bonds is 23. The summed E-state index contributed by atoms with van der Waals surface area (Å²) in [5, 5.41) is 0. The van der Waals surface area contributed by atoms with Crippen LogP contribution in [0.1, 0.15) is 215 Å². The molecule has 4 rings (SSSR count). The Labute approximate surface area is 312 Å². The monoisotopic (exact) mass is 693 g/mol. The fourth-order valence-electron chi connectivity index (χ4n) is 11.7. The lowest BCUT2D eigenvalue weighted by Gasteiger charge is -2.58. The molecule has 0 N–H and O–H groups in total. The molecule has 2 nitrogen and oxygen atoms in total. The van der Waals surface area contributed by atoms with Gasteiger partial charge in [-0.2, -0.15) is 0 Å². The van der Waals surface area contributed by atoms with E-state index in [4.69, 9.17) is 4.74 Å². The lowest BCUT2D eigenvalue weighted by atomic mass is 9.47. The van der Waals surface area contributed by atoms with E-state index in [0.29, 0.717) is 17.3 Å². The predicted molar refractivity (Wildman–Crippen MR) is 216 cm³/mol. The van der Waals surface area contributed by atoms with Gasteiger partial charge in [-0.25, -0.2) is 0 Å². The van der Waals surface area contributed by atoms with Crippen molar-refractivity contribution in [2.75, 3.05) is 0 Å². The van der Waals surface area contributed by atoms with Crippen LogP contribution < -0.4 is 0 Å². The summed E-state index contributed by atoms with van der Waals surface area (Å²) in [6, 6.07) is 0. The summed E-state index contributed by atoms with van der Waals surface area (Å²) in [4.78, 5) is 12.9. The fraction of sp³-hybridized carbons (Fsp3) is 0.896. The summed E-state index contributed by atoms with van der Waals surface area (Å²) in [5.41, 5.74) is 2.51. The largest absolute Gasteiger partial charge is 0.462 e. The van der Waals surface area contributed by atoms with Gasteiger partial charge in [0, 0.05) is 12.8 Å². The Morgan fingerprint density at radius 2 is 1.42 bits per heavy atom. The molecule has 50 heavy (non-hydrogen) atoms. The molecule has 4 aliphatic rings. The van der Waals surface area contributed by atoms with Gasteiger partial charge in [0.25, 0.3) is 0 Å². The van der Waals surface area contributed by atoms with E-state index in [1.165, 1.54) is 141 Å². The molecule has 3 saturated carbocycles. The Hall–Kier alpha value is -1.05. The number of allylic oxidation sites excluding steroid dienone is 3. The van der Waals surface area contributed by atoms with Gasteiger partial charge in [0.15, 0.2) is 0 Å². The number of ether oxygens (including phenoxy) is 1. The van der Waals surface area contributed by atoms with Crippen LogP contribution in [0.3, 0.4) is 0 Å². The van der Waals surface area contributed by atoms with Gasteiger partial charge in [0.1, 0.15) is 6.10 Å². The van der Waals surface area contributed by atoms with Crippen LogP contribution in [0.2, 0.25) is 0 Å². The Kier molecular flexibility index (Phi) is 17.5. The maximum Gasteiger partial charge on any atom is 0.306 e.